The summed E-state index contributed by atoms with van der Waals surface area (Å²) in [6.45, 7) is -0.373. The van der Waals surface area contributed by atoms with Gasteiger partial charge < -0.3 is 10.2 Å². The molecule has 1 aliphatic rings. The number of rotatable bonds is 10. The Morgan fingerprint density at radius 3 is 0.933 bits per heavy atom. The third-order valence-electron chi connectivity index (χ3n) is 4.09. The van der Waals surface area contributed by atoms with Gasteiger partial charge in [0.1, 0.15) is 12.2 Å². The smallest absolute Gasteiger partial charge is 0.253 e. The number of aliphatic hydroxyl groups is 2. The van der Waals surface area contributed by atoms with E-state index >= 15 is 0 Å². The molecule has 0 spiro atoms. The predicted molar refractivity (Wildman–Crippen MR) is 112 cm³/mol. The maximum Gasteiger partial charge on any atom is 0.253 e. The highest BCUT2D eigenvalue weighted by Crippen LogP contribution is 2.24. The Kier molecular flexibility index (Phi) is 9.98. The zero-order chi connectivity index (χ0) is 23.7. The molecule has 30 heavy (non-hydrogen) atoms. The molecule has 180 valence electrons. The number of hydrogen-bond acceptors (Lipinski definition) is 12. The number of piperazine rings is 1. The summed E-state index contributed by atoms with van der Waals surface area (Å²) in [5.74, 6) is 0. The first-order chi connectivity index (χ1) is 13.2. The fraction of sp³-hybridized carbons (Fsp3) is 1.00. The Balaban J connectivity index is 2.76. The second-order valence-corrected chi connectivity index (χ2v) is 18.0. The Labute approximate surface area is 192 Å². The number of halogens is 4. The van der Waals surface area contributed by atoms with Crippen LogP contribution in [0, 0.1) is 0 Å². The fourth-order valence-corrected chi connectivity index (χ4v) is 12.5. The van der Waals surface area contributed by atoms with Crippen molar-refractivity contribution in [3.8, 4) is 0 Å². The van der Waals surface area contributed by atoms with Crippen molar-refractivity contribution in [2.45, 2.75) is 21.4 Å². The van der Waals surface area contributed by atoms with Crippen molar-refractivity contribution >= 4 is 78.9 Å². The van der Waals surface area contributed by atoms with Gasteiger partial charge in [-0.15, -0.1) is 0 Å². The van der Waals surface area contributed by atoms with Gasteiger partial charge in [0.25, 0.3) is 36.2 Å². The van der Waals surface area contributed by atoms with E-state index in [1.165, 1.54) is 9.80 Å². The van der Waals surface area contributed by atoms with E-state index in [4.69, 9.17) is 42.7 Å². The lowest BCUT2D eigenvalue weighted by molar-refractivity contribution is 0.0550. The second kappa shape index (κ2) is 10.4. The van der Waals surface area contributed by atoms with Crippen LogP contribution in [-0.2, 0) is 36.2 Å². The van der Waals surface area contributed by atoms with Crippen molar-refractivity contribution in [3.63, 3.8) is 0 Å². The topological polar surface area (TPSA) is 183 Å². The lowest BCUT2D eigenvalue weighted by atomic mass is 10.2. The van der Waals surface area contributed by atoms with Crippen LogP contribution in [0.5, 0.6) is 0 Å². The van der Waals surface area contributed by atoms with Crippen molar-refractivity contribution in [2.24, 2.45) is 0 Å². The van der Waals surface area contributed by atoms with Gasteiger partial charge in [0.2, 0.25) is 9.16 Å². The molecule has 0 bridgehead atoms. The highest BCUT2D eigenvalue weighted by molar-refractivity contribution is 8.29. The SMILES string of the molecule is O=S(=O)(Cl)C(C(O)CN1CCN(CC(O)C(S(=O)(=O)Cl)S(=O)(=O)Cl)CC1)S(=O)(=O)Cl. The molecule has 1 aliphatic heterocycles. The van der Waals surface area contributed by atoms with Gasteiger partial charge in [-0.2, -0.15) is 0 Å². The lowest BCUT2D eigenvalue weighted by Gasteiger charge is -2.37. The molecule has 1 rings (SSSR count). The molecule has 2 atom stereocenters. The van der Waals surface area contributed by atoms with Crippen molar-refractivity contribution in [2.75, 3.05) is 39.3 Å². The molecule has 0 aromatic carbocycles. The molecular weight excluding hydrogens is 578 g/mol. The highest BCUT2D eigenvalue weighted by Gasteiger charge is 2.44. The average molecular weight is 596 g/mol. The summed E-state index contributed by atoms with van der Waals surface area (Å²) >= 11 is 0. The maximum absolute atomic E-state index is 11.4. The van der Waals surface area contributed by atoms with Gasteiger partial charge in [0.05, 0.1) is 0 Å². The minimum atomic E-state index is -4.74. The van der Waals surface area contributed by atoms with Crippen LogP contribution >= 0.6 is 42.7 Å². The van der Waals surface area contributed by atoms with Crippen LogP contribution in [0.15, 0.2) is 0 Å². The van der Waals surface area contributed by atoms with Gasteiger partial charge in [-0.25, -0.2) is 33.7 Å². The fourth-order valence-electron chi connectivity index (χ4n) is 2.88. The molecule has 0 saturated carbocycles. The average Bonchev–Trinajstić information content (AvgIpc) is 2.42. The van der Waals surface area contributed by atoms with Crippen LogP contribution in [-0.4, -0.2) is 114 Å². The third-order valence-corrected chi connectivity index (χ3v) is 14.2. The summed E-state index contributed by atoms with van der Waals surface area (Å²) in [6, 6.07) is 0. The number of β-amino-alcohol motifs (C(OH)–C–C–N with tert-alkyl or cyclic N) is 2. The quantitative estimate of drug-likeness (QED) is 0.272. The van der Waals surface area contributed by atoms with E-state index in [9.17, 15) is 43.9 Å². The monoisotopic (exact) mass is 594 g/mol. The first-order valence-corrected chi connectivity index (χ1v) is 17.3. The summed E-state index contributed by atoms with van der Waals surface area (Å²) in [6.07, 6.45) is -3.92. The summed E-state index contributed by atoms with van der Waals surface area (Å²) < 4.78 is 86.5. The molecule has 12 nitrogen and oxygen atoms in total. The van der Waals surface area contributed by atoms with Crippen LogP contribution in [0.2, 0.25) is 0 Å². The molecule has 0 aromatic rings. The van der Waals surface area contributed by atoms with Crippen molar-refractivity contribution in [3.05, 3.63) is 0 Å². The summed E-state index contributed by atoms with van der Waals surface area (Å²) in [5.41, 5.74) is 0. The van der Waals surface area contributed by atoms with Gasteiger partial charge in [-0.3, -0.25) is 9.80 Å². The normalized spacial score (nSPS) is 20.5. The molecule has 1 fully saturated rings. The van der Waals surface area contributed by atoms with E-state index in [2.05, 4.69) is 0 Å². The standard InChI is InChI=1S/C10H18Cl4N2O10S4/c11-27(19,20)9(28(12,21)22)7(17)5-15-1-2-16(4-3-15)6-8(18)10(29(13,23)24)30(14,25)26/h7-10,17-18H,1-6H2. The van der Waals surface area contributed by atoms with Crippen LogP contribution in [0.1, 0.15) is 0 Å². The molecule has 2 N–H and O–H groups in total. The Morgan fingerprint density at radius 1 is 0.567 bits per heavy atom. The molecule has 0 aromatic heterocycles. The number of nitrogens with zero attached hydrogens (tertiary/aromatic N) is 2. The van der Waals surface area contributed by atoms with Crippen molar-refractivity contribution in [1.29, 1.82) is 0 Å². The Morgan fingerprint density at radius 2 is 0.767 bits per heavy atom. The Hall–Kier alpha value is 0.800. The molecule has 0 amide bonds. The highest BCUT2D eigenvalue weighted by atomic mass is 35.7. The van der Waals surface area contributed by atoms with Gasteiger partial charge in [-0.1, -0.05) is 0 Å². The number of hydrogen-bond donors (Lipinski definition) is 2. The van der Waals surface area contributed by atoms with Gasteiger partial charge in [-0.05, 0) is 0 Å². The van der Waals surface area contributed by atoms with Crippen molar-refractivity contribution < 1.29 is 43.9 Å². The van der Waals surface area contributed by atoms with Crippen LogP contribution in [0.3, 0.4) is 0 Å². The van der Waals surface area contributed by atoms with E-state index < -0.39 is 70.7 Å². The minimum absolute atomic E-state index is 0.118. The van der Waals surface area contributed by atoms with E-state index in [0.717, 1.165) is 0 Å². The molecule has 1 saturated heterocycles. The molecule has 0 aliphatic carbocycles. The summed E-state index contributed by atoms with van der Waals surface area (Å²) in [7, 11) is 1.24. The van der Waals surface area contributed by atoms with Gasteiger partial charge in [0, 0.05) is 82.0 Å². The molecule has 2 unspecified atom stereocenters. The minimum Gasteiger partial charge on any atom is -0.389 e. The Bertz CT molecular complexity index is 877. The summed E-state index contributed by atoms with van der Waals surface area (Å²) in [4.78, 5) is 2.94. The van der Waals surface area contributed by atoms with Crippen LogP contribution < -0.4 is 0 Å². The van der Waals surface area contributed by atoms with Gasteiger partial charge in [0.15, 0.2) is 0 Å². The molecular formula is C10H18Cl4N2O10S4. The zero-order valence-electron chi connectivity index (χ0n) is 14.8. The molecule has 0 radical (unpaired) electrons. The van der Waals surface area contributed by atoms with E-state index in [1.807, 2.05) is 0 Å². The van der Waals surface area contributed by atoms with E-state index in [-0.39, 0.29) is 26.2 Å². The maximum atomic E-state index is 11.4. The predicted octanol–water partition coefficient (Wildman–Crippen LogP) is -1.75. The van der Waals surface area contributed by atoms with E-state index in [0.29, 0.717) is 0 Å². The molecule has 20 heteroatoms. The summed E-state index contributed by atoms with van der Waals surface area (Å²) in [5, 5.41) is 20.0. The van der Waals surface area contributed by atoms with Crippen LogP contribution in [0.25, 0.3) is 0 Å². The second-order valence-electron chi connectivity index (χ2n) is 6.37. The third kappa shape index (κ3) is 8.62. The number of aliphatic hydroxyl groups excluding tert-OH is 2. The first kappa shape index (κ1) is 28.8. The van der Waals surface area contributed by atoms with Gasteiger partial charge >= 0.3 is 0 Å². The lowest BCUT2D eigenvalue weighted by Crippen LogP contribution is -2.54. The first-order valence-electron chi connectivity index (χ1n) is 7.79. The largest absolute Gasteiger partial charge is 0.389 e. The zero-order valence-corrected chi connectivity index (χ0v) is 21.0. The molecule has 1 heterocycles. The van der Waals surface area contributed by atoms with Crippen molar-refractivity contribution in [1.82, 2.24) is 9.80 Å². The van der Waals surface area contributed by atoms with E-state index in [1.54, 1.807) is 0 Å². The van der Waals surface area contributed by atoms with Crippen LogP contribution in [0.4, 0.5) is 0 Å².